The van der Waals surface area contributed by atoms with E-state index in [4.69, 9.17) is 17.3 Å². The predicted molar refractivity (Wildman–Crippen MR) is 113 cm³/mol. The molecule has 3 aromatic rings. The lowest BCUT2D eigenvalue weighted by atomic mass is 9.87. The number of rotatable bonds is 5. The molecule has 0 saturated carbocycles. The highest BCUT2D eigenvalue weighted by Gasteiger charge is 2.42. The molecule has 0 radical (unpaired) electrons. The highest BCUT2D eigenvalue weighted by molar-refractivity contribution is 6.35. The first kappa shape index (κ1) is 20.1. The van der Waals surface area contributed by atoms with Gasteiger partial charge < -0.3 is 16.2 Å². The van der Waals surface area contributed by atoms with Gasteiger partial charge in [0.2, 0.25) is 5.91 Å². The van der Waals surface area contributed by atoms with E-state index in [1.807, 2.05) is 6.92 Å². The number of hydrogen-bond acceptors (Lipinski definition) is 6. The molecule has 4 N–H and O–H groups in total. The molecule has 0 aliphatic carbocycles. The Morgan fingerprint density at radius 2 is 2.10 bits per heavy atom. The van der Waals surface area contributed by atoms with Gasteiger partial charge in [0, 0.05) is 11.8 Å². The van der Waals surface area contributed by atoms with Crippen molar-refractivity contribution in [2.45, 2.75) is 39.0 Å². The minimum Gasteiger partial charge on any atom is -0.481 e. The third kappa shape index (κ3) is 2.97. The molecule has 1 atom stereocenters. The van der Waals surface area contributed by atoms with Gasteiger partial charge in [0.1, 0.15) is 11.6 Å². The number of anilines is 2. The van der Waals surface area contributed by atoms with E-state index in [0.29, 0.717) is 39.4 Å². The van der Waals surface area contributed by atoms with Crippen LogP contribution in [0, 0.1) is 5.92 Å². The smallest absolute Gasteiger partial charge is 0.306 e. The second-order valence-electron chi connectivity index (χ2n) is 7.85. The number of carboxylic acid groups (broad SMARTS) is 1. The van der Waals surface area contributed by atoms with Crippen LogP contribution in [0.15, 0.2) is 18.2 Å². The number of benzene rings is 1. The highest BCUT2D eigenvalue weighted by Crippen LogP contribution is 2.40. The van der Waals surface area contributed by atoms with Crippen LogP contribution in [0.3, 0.4) is 0 Å². The average molecular weight is 429 g/mol. The molecule has 10 heteroatoms. The fourth-order valence-corrected chi connectivity index (χ4v) is 4.06. The number of nitrogens with zero attached hydrogens (tertiary/aromatic N) is 4. The maximum absolute atomic E-state index is 12.3. The van der Waals surface area contributed by atoms with Crippen molar-refractivity contribution in [1.82, 2.24) is 19.7 Å². The molecule has 1 aromatic carbocycles. The van der Waals surface area contributed by atoms with Crippen molar-refractivity contribution in [1.29, 1.82) is 0 Å². The molecule has 156 valence electrons. The summed E-state index contributed by atoms with van der Waals surface area (Å²) in [6.07, 6.45) is 0.667. The molecule has 0 saturated heterocycles. The lowest BCUT2D eigenvalue weighted by Gasteiger charge is -2.16. The predicted octanol–water partition coefficient (Wildman–Crippen LogP) is 2.93. The maximum Gasteiger partial charge on any atom is 0.306 e. The van der Waals surface area contributed by atoms with Crippen LogP contribution in [0.2, 0.25) is 5.02 Å². The van der Waals surface area contributed by atoms with E-state index in [2.05, 4.69) is 20.4 Å². The van der Waals surface area contributed by atoms with E-state index in [0.717, 1.165) is 0 Å². The maximum atomic E-state index is 12.3. The minimum atomic E-state index is -0.893. The van der Waals surface area contributed by atoms with Gasteiger partial charge in [0.05, 0.1) is 33.1 Å². The first-order valence-electron chi connectivity index (χ1n) is 9.53. The molecule has 2 aromatic heterocycles. The Morgan fingerprint density at radius 3 is 2.77 bits per heavy atom. The van der Waals surface area contributed by atoms with Crippen LogP contribution < -0.4 is 11.1 Å². The molecule has 9 nitrogen and oxygen atoms in total. The Hall–Kier alpha value is -3.20. The fourth-order valence-electron chi connectivity index (χ4n) is 3.78. The number of halogens is 1. The molecule has 3 heterocycles. The summed E-state index contributed by atoms with van der Waals surface area (Å²) < 4.78 is 1.49. The second-order valence-corrected chi connectivity index (χ2v) is 8.26. The molecule has 0 fully saturated rings. The summed E-state index contributed by atoms with van der Waals surface area (Å²) in [5, 5.41) is 17.9. The number of hydrogen-bond donors (Lipinski definition) is 3. The summed E-state index contributed by atoms with van der Waals surface area (Å²) in [7, 11) is 0. The number of nitrogen functional groups attached to an aromatic ring is 1. The van der Waals surface area contributed by atoms with Crippen LogP contribution in [0.5, 0.6) is 0 Å². The van der Waals surface area contributed by atoms with Gasteiger partial charge in [-0.05, 0) is 32.4 Å². The van der Waals surface area contributed by atoms with Crippen molar-refractivity contribution in [3.05, 3.63) is 34.5 Å². The zero-order chi connectivity index (χ0) is 21.8. The standard InChI is InChI=1S/C20H21ClN6O3/c1-4-9(17(28)29)8-11-13-10(21)6-5-7-12(13)27(26-11)19-23-15(22)14-16(25-19)24-18(30)20(14,2)3/h5-7,9H,4,8H2,1-3H3,(H,28,29)(H3,22,23,24,25,30). The lowest BCUT2D eigenvalue weighted by molar-refractivity contribution is -0.141. The third-order valence-electron chi connectivity index (χ3n) is 5.55. The van der Waals surface area contributed by atoms with Gasteiger partial charge in [-0.25, -0.2) is 0 Å². The quantitative estimate of drug-likeness (QED) is 0.568. The largest absolute Gasteiger partial charge is 0.481 e. The van der Waals surface area contributed by atoms with Crippen LogP contribution in [0.1, 0.15) is 38.4 Å². The third-order valence-corrected chi connectivity index (χ3v) is 5.87. The monoisotopic (exact) mass is 428 g/mol. The van der Waals surface area contributed by atoms with E-state index in [-0.39, 0.29) is 24.1 Å². The number of aliphatic carboxylic acids is 1. The topological polar surface area (TPSA) is 136 Å². The molecule has 1 aliphatic rings. The molecule has 1 aliphatic heterocycles. The molecule has 1 amide bonds. The number of nitrogens with two attached hydrogens (primary N) is 1. The Kier molecular flexibility index (Phi) is 4.65. The molecular weight excluding hydrogens is 408 g/mol. The van der Waals surface area contributed by atoms with Gasteiger partial charge >= 0.3 is 5.97 Å². The summed E-state index contributed by atoms with van der Waals surface area (Å²) in [6.45, 7) is 5.32. The van der Waals surface area contributed by atoms with Gasteiger partial charge in [-0.2, -0.15) is 19.7 Å². The first-order chi connectivity index (χ1) is 14.1. The van der Waals surface area contributed by atoms with Gasteiger partial charge in [-0.1, -0.05) is 24.6 Å². The summed E-state index contributed by atoms with van der Waals surface area (Å²) in [5.41, 5.74) is 7.05. The van der Waals surface area contributed by atoms with Crippen molar-refractivity contribution >= 4 is 46.0 Å². The second kappa shape index (κ2) is 6.94. The van der Waals surface area contributed by atoms with E-state index < -0.39 is 17.3 Å². The summed E-state index contributed by atoms with van der Waals surface area (Å²) >= 11 is 6.43. The van der Waals surface area contributed by atoms with Crippen molar-refractivity contribution in [3.8, 4) is 5.95 Å². The molecule has 4 rings (SSSR count). The van der Waals surface area contributed by atoms with E-state index in [1.54, 1.807) is 32.0 Å². The van der Waals surface area contributed by atoms with E-state index in [1.165, 1.54) is 4.68 Å². The van der Waals surface area contributed by atoms with Gasteiger partial charge in [0.25, 0.3) is 5.95 Å². The van der Waals surface area contributed by atoms with Gasteiger partial charge in [0.15, 0.2) is 0 Å². The van der Waals surface area contributed by atoms with Crippen LogP contribution >= 0.6 is 11.6 Å². The number of carbonyl (C=O) groups is 2. The molecule has 30 heavy (non-hydrogen) atoms. The van der Waals surface area contributed by atoms with E-state index in [9.17, 15) is 14.7 Å². The Balaban J connectivity index is 1.90. The summed E-state index contributed by atoms with van der Waals surface area (Å²) in [5.74, 6) is -1.00. The SMILES string of the molecule is CCC(Cc1nn(-c2nc(N)c3c(n2)NC(=O)C3(C)C)c2cccc(Cl)c12)C(=O)O. The van der Waals surface area contributed by atoms with Gasteiger partial charge in [-0.15, -0.1) is 0 Å². The Bertz CT molecular complexity index is 1200. The number of aromatic nitrogens is 4. The van der Waals surface area contributed by atoms with Crippen LogP contribution in [0.4, 0.5) is 11.6 Å². The minimum absolute atomic E-state index is 0.172. The summed E-state index contributed by atoms with van der Waals surface area (Å²) in [4.78, 5) is 32.7. The number of carboxylic acids is 1. The fraction of sp³-hybridized carbons (Fsp3) is 0.350. The Labute approximate surface area is 177 Å². The molecule has 1 unspecified atom stereocenters. The number of carbonyl (C=O) groups excluding carboxylic acids is 1. The molecular formula is C20H21ClN6O3. The van der Waals surface area contributed by atoms with Crippen LogP contribution in [0.25, 0.3) is 16.9 Å². The highest BCUT2D eigenvalue weighted by atomic mass is 35.5. The lowest BCUT2D eigenvalue weighted by Crippen LogP contribution is -2.27. The van der Waals surface area contributed by atoms with Crippen LogP contribution in [-0.2, 0) is 21.4 Å². The molecule has 0 spiro atoms. The average Bonchev–Trinajstić information content (AvgIpc) is 3.15. The van der Waals surface area contributed by atoms with Crippen molar-refractivity contribution < 1.29 is 14.7 Å². The van der Waals surface area contributed by atoms with Crippen LogP contribution in [-0.4, -0.2) is 36.7 Å². The molecule has 0 bridgehead atoms. The normalized spacial score (nSPS) is 15.8. The summed E-state index contributed by atoms with van der Waals surface area (Å²) in [6, 6.07) is 5.29. The first-order valence-corrected chi connectivity index (χ1v) is 9.91. The van der Waals surface area contributed by atoms with E-state index >= 15 is 0 Å². The number of nitrogens with one attached hydrogen (secondary N) is 1. The van der Waals surface area contributed by atoms with Crippen molar-refractivity contribution in [3.63, 3.8) is 0 Å². The van der Waals surface area contributed by atoms with Crippen molar-refractivity contribution in [2.24, 2.45) is 5.92 Å². The zero-order valence-electron chi connectivity index (χ0n) is 16.7. The number of amides is 1. The Morgan fingerprint density at radius 1 is 1.37 bits per heavy atom. The number of fused-ring (bicyclic) bond motifs is 2. The van der Waals surface area contributed by atoms with Gasteiger partial charge in [-0.3, -0.25) is 9.59 Å². The zero-order valence-corrected chi connectivity index (χ0v) is 17.5. The van der Waals surface area contributed by atoms with Crippen molar-refractivity contribution in [2.75, 3.05) is 11.1 Å².